The molecular weight excluding hydrogens is 438 g/mol. The zero-order valence-corrected chi connectivity index (χ0v) is 17.3. The van der Waals surface area contributed by atoms with Gasteiger partial charge in [0, 0.05) is 0 Å². The fourth-order valence-corrected chi connectivity index (χ4v) is 3.32. The first-order valence-corrected chi connectivity index (χ1v) is 9.85. The summed E-state index contributed by atoms with van der Waals surface area (Å²) in [6, 6.07) is 11.3. The van der Waals surface area contributed by atoms with Crippen molar-refractivity contribution in [3.63, 3.8) is 0 Å². The fraction of sp³-hybridized carbons (Fsp3) is 0.391. The van der Waals surface area contributed by atoms with E-state index in [-0.39, 0.29) is 36.8 Å². The molecule has 0 aromatic heterocycles. The molecule has 0 fully saturated rings. The first kappa shape index (κ1) is 25.9. The molecule has 2 rings (SSSR count). The van der Waals surface area contributed by atoms with Gasteiger partial charge in [0.05, 0.1) is 13.2 Å². The van der Waals surface area contributed by atoms with Crippen LogP contribution in [0.15, 0.2) is 48.5 Å². The summed E-state index contributed by atoms with van der Waals surface area (Å²) in [6.07, 6.45) is -11.2. The molecule has 0 amide bonds. The maximum atomic E-state index is 13.1. The standard InChI is InChI=1S/C23H24F6O3/c1-2-17(12-21(32,22(24,25)26)23(27,28)29)18-5-3-4-15(10-18)6-7-16-8-9-19(13-30)20(11-16)14-31/h3-5,8-12,30-32H,2,6-7,13-14H2,1H3/b17-12+. The van der Waals surface area contributed by atoms with Gasteiger partial charge in [0.15, 0.2) is 0 Å². The van der Waals surface area contributed by atoms with Gasteiger partial charge >= 0.3 is 12.4 Å². The van der Waals surface area contributed by atoms with Crippen molar-refractivity contribution in [1.82, 2.24) is 0 Å². The Bertz CT molecular complexity index is 933. The number of allylic oxidation sites excluding steroid dienone is 1. The summed E-state index contributed by atoms with van der Waals surface area (Å²) in [7, 11) is 0. The largest absolute Gasteiger partial charge is 0.430 e. The van der Waals surface area contributed by atoms with Crippen molar-refractivity contribution in [2.45, 2.75) is 57.4 Å². The quantitative estimate of drug-likeness (QED) is 0.478. The van der Waals surface area contributed by atoms with Crippen LogP contribution in [0.3, 0.4) is 0 Å². The minimum Gasteiger partial charge on any atom is -0.392 e. The Morgan fingerprint density at radius 1 is 0.812 bits per heavy atom. The van der Waals surface area contributed by atoms with Gasteiger partial charge in [-0.2, -0.15) is 26.3 Å². The van der Waals surface area contributed by atoms with Crippen molar-refractivity contribution >= 4 is 5.57 Å². The van der Waals surface area contributed by atoms with Gasteiger partial charge in [-0.25, -0.2) is 0 Å². The topological polar surface area (TPSA) is 60.7 Å². The van der Waals surface area contributed by atoms with E-state index in [9.17, 15) is 41.7 Å². The summed E-state index contributed by atoms with van der Waals surface area (Å²) in [5, 5.41) is 28.1. The molecule has 9 heteroatoms. The SMILES string of the molecule is CC/C(=C\C(O)(C(F)(F)F)C(F)(F)F)c1cccc(CCc2ccc(CO)c(CO)c2)c1. The third-order valence-electron chi connectivity index (χ3n) is 5.24. The van der Waals surface area contributed by atoms with Gasteiger partial charge in [-0.1, -0.05) is 49.4 Å². The van der Waals surface area contributed by atoms with Crippen LogP contribution in [0, 0.1) is 0 Å². The Labute approximate surface area is 181 Å². The summed E-state index contributed by atoms with van der Waals surface area (Å²) in [5.74, 6) is 0. The van der Waals surface area contributed by atoms with Gasteiger partial charge in [0.25, 0.3) is 5.60 Å². The lowest BCUT2D eigenvalue weighted by Gasteiger charge is -2.30. The predicted molar refractivity (Wildman–Crippen MR) is 107 cm³/mol. The van der Waals surface area contributed by atoms with Gasteiger partial charge in [-0.3, -0.25) is 0 Å². The van der Waals surface area contributed by atoms with Crippen LogP contribution >= 0.6 is 0 Å². The molecular formula is C23H24F6O3. The molecule has 0 saturated carbocycles. The molecule has 32 heavy (non-hydrogen) atoms. The Balaban J connectivity index is 2.32. The van der Waals surface area contributed by atoms with Gasteiger partial charge in [-0.15, -0.1) is 0 Å². The first-order valence-electron chi connectivity index (χ1n) is 9.85. The maximum absolute atomic E-state index is 13.1. The smallest absolute Gasteiger partial charge is 0.392 e. The van der Waals surface area contributed by atoms with Crippen molar-refractivity contribution in [3.8, 4) is 0 Å². The second-order valence-corrected chi connectivity index (χ2v) is 7.40. The summed E-state index contributed by atoms with van der Waals surface area (Å²) in [6.45, 7) is 0.947. The van der Waals surface area contributed by atoms with E-state index in [1.165, 1.54) is 25.1 Å². The molecule has 0 unspecified atom stereocenters. The molecule has 176 valence electrons. The molecule has 2 aromatic carbocycles. The zero-order chi connectivity index (χ0) is 24.2. The van der Waals surface area contributed by atoms with E-state index in [0.717, 1.165) is 5.56 Å². The Hall–Kier alpha value is -2.36. The monoisotopic (exact) mass is 462 g/mol. The van der Waals surface area contributed by atoms with Crippen LogP contribution in [0.5, 0.6) is 0 Å². The molecule has 0 radical (unpaired) electrons. The van der Waals surface area contributed by atoms with E-state index < -0.39 is 18.0 Å². The molecule has 0 aliphatic carbocycles. The number of aliphatic hydroxyl groups is 3. The number of aliphatic hydroxyl groups excluding tert-OH is 2. The van der Waals surface area contributed by atoms with E-state index >= 15 is 0 Å². The lowest BCUT2D eigenvalue weighted by Crippen LogP contribution is -2.55. The minimum atomic E-state index is -5.92. The van der Waals surface area contributed by atoms with E-state index in [2.05, 4.69) is 0 Å². The Morgan fingerprint density at radius 3 is 1.88 bits per heavy atom. The summed E-state index contributed by atoms with van der Waals surface area (Å²) < 4.78 is 78.4. The van der Waals surface area contributed by atoms with Gasteiger partial charge < -0.3 is 15.3 Å². The van der Waals surface area contributed by atoms with Crippen LogP contribution in [-0.4, -0.2) is 33.3 Å². The van der Waals surface area contributed by atoms with Crippen molar-refractivity contribution < 1.29 is 41.7 Å². The predicted octanol–water partition coefficient (Wildman–Crippen LogP) is 5.11. The van der Waals surface area contributed by atoms with Crippen molar-refractivity contribution in [3.05, 3.63) is 76.4 Å². The van der Waals surface area contributed by atoms with Crippen LogP contribution in [0.25, 0.3) is 5.57 Å². The normalized spacial score (nSPS) is 13.5. The number of rotatable bonds is 8. The van der Waals surface area contributed by atoms with Gasteiger partial charge in [0.2, 0.25) is 0 Å². The molecule has 0 aliphatic heterocycles. The number of alkyl halides is 6. The average Bonchev–Trinajstić information content (AvgIpc) is 2.74. The fourth-order valence-electron chi connectivity index (χ4n) is 3.32. The molecule has 0 heterocycles. The number of aryl methyl sites for hydroxylation is 2. The molecule has 0 bridgehead atoms. The van der Waals surface area contributed by atoms with Crippen LogP contribution < -0.4 is 0 Å². The lowest BCUT2D eigenvalue weighted by molar-refractivity contribution is -0.347. The minimum absolute atomic E-state index is 0.152. The third-order valence-corrected chi connectivity index (χ3v) is 5.24. The zero-order valence-electron chi connectivity index (χ0n) is 17.3. The second kappa shape index (κ2) is 10.1. The number of hydrogen-bond donors (Lipinski definition) is 3. The molecule has 0 spiro atoms. The van der Waals surface area contributed by atoms with E-state index in [1.54, 1.807) is 24.3 Å². The van der Waals surface area contributed by atoms with Crippen LogP contribution in [-0.2, 0) is 26.1 Å². The number of hydrogen-bond acceptors (Lipinski definition) is 3. The Kier molecular flexibility index (Phi) is 8.14. The number of benzene rings is 2. The lowest BCUT2D eigenvalue weighted by atomic mass is 9.92. The summed E-state index contributed by atoms with van der Waals surface area (Å²) in [4.78, 5) is 0. The maximum Gasteiger partial charge on any atom is 0.430 e. The van der Waals surface area contributed by atoms with Crippen LogP contribution in [0.4, 0.5) is 26.3 Å². The molecule has 0 aliphatic rings. The third kappa shape index (κ3) is 5.70. The van der Waals surface area contributed by atoms with Crippen LogP contribution in [0.1, 0.15) is 41.2 Å². The molecule has 2 aromatic rings. The highest BCUT2D eigenvalue weighted by Gasteiger charge is 2.69. The molecule has 0 saturated heterocycles. The van der Waals surface area contributed by atoms with Crippen LogP contribution in [0.2, 0.25) is 0 Å². The van der Waals surface area contributed by atoms with Gasteiger partial charge in [0.1, 0.15) is 0 Å². The summed E-state index contributed by atoms with van der Waals surface area (Å²) >= 11 is 0. The van der Waals surface area contributed by atoms with Crippen molar-refractivity contribution in [2.75, 3.05) is 0 Å². The highest BCUT2D eigenvalue weighted by Crippen LogP contribution is 2.45. The van der Waals surface area contributed by atoms with E-state index in [4.69, 9.17) is 0 Å². The van der Waals surface area contributed by atoms with E-state index in [0.29, 0.717) is 29.5 Å². The highest BCUT2D eigenvalue weighted by molar-refractivity contribution is 5.67. The molecule has 3 N–H and O–H groups in total. The number of halogens is 6. The van der Waals surface area contributed by atoms with Crippen molar-refractivity contribution in [2.24, 2.45) is 0 Å². The van der Waals surface area contributed by atoms with Gasteiger partial charge in [-0.05, 0) is 58.7 Å². The Morgan fingerprint density at radius 2 is 1.38 bits per heavy atom. The molecule has 0 atom stereocenters. The second-order valence-electron chi connectivity index (χ2n) is 7.40. The average molecular weight is 462 g/mol. The first-order chi connectivity index (χ1) is 14.9. The van der Waals surface area contributed by atoms with Crippen molar-refractivity contribution in [1.29, 1.82) is 0 Å². The van der Waals surface area contributed by atoms with E-state index in [1.807, 2.05) is 0 Å². The summed E-state index contributed by atoms with van der Waals surface area (Å²) in [5.41, 5.74) is -2.36. The highest BCUT2D eigenvalue weighted by atomic mass is 19.4. The molecule has 3 nitrogen and oxygen atoms in total.